The maximum Gasteiger partial charge on any atom is 0.159 e. The number of rotatable bonds is 1. The van der Waals surface area contributed by atoms with Gasteiger partial charge in [0.25, 0.3) is 0 Å². The summed E-state index contributed by atoms with van der Waals surface area (Å²) in [4.78, 5) is 10.1. The molecule has 0 spiro atoms. The van der Waals surface area contributed by atoms with Gasteiger partial charge in [-0.05, 0) is 75.5 Å². The van der Waals surface area contributed by atoms with Crippen molar-refractivity contribution in [2.75, 3.05) is 0 Å². The summed E-state index contributed by atoms with van der Waals surface area (Å²) >= 11 is 6.33. The molecule has 0 saturated carbocycles. The predicted octanol–water partition coefficient (Wildman–Crippen LogP) is 4.57. The fraction of sp³-hybridized carbons (Fsp3) is 0. The van der Waals surface area contributed by atoms with Crippen LogP contribution in [-0.2, 0) is 0 Å². The van der Waals surface area contributed by atoms with Gasteiger partial charge in [0.05, 0.1) is 13.5 Å². The molecule has 3 aromatic rings. The van der Waals surface area contributed by atoms with Crippen molar-refractivity contribution in [1.82, 2.24) is 9.97 Å². The molecule has 0 amide bonds. The Bertz CT molecular complexity index is 694. The molecule has 0 aliphatic heterocycles. The van der Waals surface area contributed by atoms with Crippen LogP contribution in [0.2, 0.25) is 0 Å². The molecule has 0 radical (unpaired) electrons. The lowest BCUT2D eigenvalue weighted by Gasteiger charge is -2.00. The highest BCUT2D eigenvalue weighted by Crippen LogP contribution is 2.28. The second-order valence-electron chi connectivity index (χ2n) is 3.50. The van der Waals surface area contributed by atoms with E-state index in [0.717, 1.165) is 20.3 Å². The zero-order valence-electron chi connectivity index (χ0n) is 8.52. The average Bonchev–Trinajstić information content (AvgIpc) is 2.75. The Morgan fingerprint density at radius 3 is 2.71 bits per heavy atom. The van der Waals surface area contributed by atoms with Crippen LogP contribution in [-0.4, -0.2) is 9.97 Å². The summed E-state index contributed by atoms with van der Waals surface area (Å²) in [6.07, 6.45) is 1.85. The third kappa shape index (κ3) is 2.45. The molecule has 3 heterocycles. The van der Waals surface area contributed by atoms with E-state index in [1.807, 2.05) is 6.20 Å². The van der Waals surface area contributed by atoms with E-state index in [0.29, 0.717) is 0 Å². The number of aromatic nitrogens is 2. The molecule has 5 heteroatoms. The Labute approximate surface area is 130 Å². The Morgan fingerprint density at radius 2 is 1.94 bits per heavy atom. The van der Waals surface area contributed by atoms with Gasteiger partial charge in [0.2, 0.25) is 0 Å². The first-order valence-corrected chi connectivity index (χ1v) is 7.88. The van der Waals surface area contributed by atoms with Crippen molar-refractivity contribution in [2.24, 2.45) is 0 Å². The van der Waals surface area contributed by atoms with Gasteiger partial charge in [-0.25, -0.2) is 9.97 Å². The SMILES string of the molecule is Ic1cnc2nc(-c3ccc(I)s3)ccc2c1. The summed E-state index contributed by atoms with van der Waals surface area (Å²) in [5, 5.41) is 1.09. The standard InChI is InChI=1S/C12H6I2N2S/c13-8-5-7-1-2-9(16-12(7)15-6-8)10-3-4-11(14)17-10/h1-6H. The number of fused-ring (bicyclic) bond motifs is 1. The Morgan fingerprint density at radius 1 is 1.06 bits per heavy atom. The number of pyridine rings is 2. The first-order chi connectivity index (χ1) is 8.22. The van der Waals surface area contributed by atoms with Crippen molar-refractivity contribution in [3.05, 3.63) is 43.0 Å². The maximum atomic E-state index is 4.59. The number of nitrogens with zero attached hydrogens (tertiary/aromatic N) is 2. The van der Waals surface area contributed by atoms with E-state index in [1.54, 1.807) is 11.3 Å². The normalized spacial score (nSPS) is 10.9. The predicted molar refractivity (Wildman–Crippen MR) is 88.3 cm³/mol. The van der Waals surface area contributed by atoms with Crippen LogP contribution in [0.25, 0.3) is 21.6 Å². The molecule has 17 heavy (non-hydrogen) atoms. The highest BCUT2D eigenvalue weighted by molar-refractivity contribution is 14.1. The fourth-order valence-electron chi connectivity index (χ4n) is 1.57. The van der Waals surface area contributed by atoms with Gasteiger partial charge in [-0.1, -0.05) is 0 Å². The molecular weight excluding hydrogens is 458 g/mol. The van der Waals surface area contributed by atoms with E-state index in [9.17, 15) is 0 Å². The van der Waals surface area contributed by atoms with Gasteiger partial charge in [0, 0.05) is 15.2 Å². The molecule has 2 nitrogen and oxygen atoms in total. The molecule has 3 aromatic heterocycles. The third-order valence-corrected chi connectivity index (χ3v) is 4.84. The summed E-state index contributed by atoms with van der Waals surface area (Å²) in [5.74, 6) is 0. The first-order valence-electron chi connectivity index (χ1n) is 4.90. The molecule has 84 valence electrons. The van der Waals surface area contributed by atoms with Crippen LogP contribution in [0, 0.1) is 6.45 Å². The minimum Gasteiger partial charge on any atom is -0.236 e. The first kappa shape index (κ1) is 11.8. The Hall–Kier alpha value is -0.280. The lowest BCUT2D eigenvalue weighted by atomic mass is 10.2. The quantitative estimate of drug-likeness (QED) is 0.494. The molecule has 0 N–H and O–H groups in total. The van der Waals surface area contributed by atoms with E-state index in [-0.39, 0.29) is 0 Å². The topological polar surface area (TPSA) is 25.8 Å². The van der Waals surface area contributed by atoms with Crippen molar-refractivity contribution in [3.63, 3.8) is 0 Å². The molecule has 0 aliphatic carbocycles. The van der Waals surface area contributed by atoms with Crippen LogP contribution in [0.15, 0.2) is 36.5 Å². The van der Waals surface area contributed by atoms with E-state index >= 15 is 0 Å². The smallest absolute Gasteiger partial charge is 0.159 e. The van der Waals surface area contributed by atoms with Crippen LogP contribution >= 0.6 is 56.5 Å². The van der Waals surface area contributed by atoms with Gasteiger partial charge < -0.3 is 0 Å². The van der Waals surface area contributed by atoms with E-state index in [4.69, 9.17) is 0 Å². The van der Waals surface area contributed by atoms with Gasteiger partial charge in [-0.3, -0.25) is 0 Å². The minimum atomic E-state index is 0.811. The maximum absolute atomic E-state index is 4.59. The number of hydrogen-bond acceptors (Lipinski definition) is 3. The van der Waals surface area contributed by atoms with Crippen molar-refractivity contribution >= 4 is 67.6 Å². The molecule has 0 saturated heterocycles. The Balaban J connectivity index is 2.16. The van der Waals surface area contributed by atoms with Crippen LogP contribution < -0.4 is 0 Å². The van der Waals surface area contributed by atoms with Crippen LogP contribution in [0.3, 0.4) is 0 Å². The van der Waals surface area contributed by atoms with Crippen molar-refractivity contribution in [2.45, 2.75) is 0 Å². The zero-order valence-corrected chi connectivity index (χ0v) is 13.7. The highest BCUT2D eigenvalue weighted by Gasteiger charge is 2.05. The molecule has 3 rings (SSSR count). The van der Waals surface area contributed by atoms with Gasteiger partial charge >= 0.3 is 0 Å². The lowest BCUT2D eigenvalue weighted by Crippen LogP contribution is -1.87. The van der Waals surface area contributed by atoms with Gasteiger partial charge in [0.15, 0.2) is 5.65 Å². The van der Waals surface area contributed by atoms with Gasteiger partial charge in [-0.15, -0.1) is 11.3 Å². The molecule has 0 aromatic carbocycles. The van der Waals surface area contributed by atoms with E-state index in [1.165, 1.54) is 7.76 Å². The average molecular weight is 464 g/mol. The zero-order chi connectivity index (χ0) is 11.8. The Kier molecular flexibility index (Phi) is 3.31. The largest absolute Gasteiger partial charge is 0.236 e. The second kappa shape index (κ2) is 4.77. The summed E-state index contributed by atoms with van der Waals surface area (Å²) in [7, 11) is 0. The van der Waals surface area contributed by atoms with Gasteiger partial charge in [0.1, 0.15) is 0 Å². The monoisotopic (exact) mass is 464 g/mol. The summed E-state index contributed by atoms with van der Waals surface area (Å²) < 4.78 is 2.41. The summed E-state index contributed by atoms with van der Waals surface area (Å²) in [6.45, 7) is 0. The number of thiophene rings is 1. The number of hydrogen-bond donors (Lipinski definition) is 0. The van der Waals surface area contributed by atoms with Crippen molar-refractivity contribution in [1.29, 1.82) is 0 Å². The summed E-state index contributed by atoms with van der Waals surface area (Å²) in [6, 6.07) is 10.4. The fourth-order valence-corrected chi connectivity index (χ4v) is 3.64. The van der Waals surface area contributed by atoms with E-state index < -0.39 is 0 Å². The van der Waals surface area contributed by atoms with E-state index in [2.05, 4.69) is 85.5 Å². The molecular formula is C12H6I2N2S. The minimum absolute atomic E-state index is 0.811. The van der Waals surface area contributed by atoms with Crippen LogP contribution in [0.5, 0.6) is 0 Å². The molecule has 0 fully saturated rings. The summed E-state index contributed by atoms with van der Waals surface area (Å²) in [5.41, 5.74) is 1.81. The molecule has 0 unspecified atom stereocenters. The van der Waals surface area contributed by atoms with Crippen molar-refractivity contribution in [3.8, 4) is 10.6 Å². The lowest BCUT2D eigenvalue weighted by molar-refractivity contribution is 1.28. The van der Waals surface area contributed by atoms with Crippen molar-refractivity contribution < 1.29 is 0 Å². The highest BCUT2D eigenvalue weighted by atomic mass is 127. The third-order valence-electron chi connectivity index (χ3n) is 2.33. The van der Waals surface area contributed by atoms with Crippen LogP contribution in [0.4, 0.5) is 0 Å². The molecule has 0 atom stereocenters. The molecule has 0 bridgehead atoms. The molecule has 0 aliphatic rings. The van der Waals surface area contributed by atoms with Crippen LogP contribution in [0.1, 0.15) is 0 Å². The second-order valence-corrected chi connectivity index (χ2v) is 7.72. The van der Waals surface area contributed by atoms with Gasteiger partial charge in [-0.2, -0.15) is 0 Å². The number of halogens is 2.